The number of hydrogen-bond donors (Lipinski definition) is 2. The molecule has 1 fully saturated rings. The number of aromatic hydroxyl groups is 1. The van der Waals surface area contributed by atoms with Crippen molar-refractivity contribution in [3.05, 3.63) is 99.4 Å². The van der Waals surface area contributed by atoms with E-state index in [1.807, 2.05) is 30.3 Å². The molecule has 0 saturated carbocycles. The summed E-state index contributed by atoms with van der Waals surface area (Å²) in [5.41, 5.74) is 2.79. The summed E-state index contributed by atoms with van der Waals surface area (Å²) >= 11 is 6.97. The maximum absolute atomic E-state index is 12.8. The molecule has 2 N–H and O–H groups in total. The molecule has 1 aliphatic heterocycles. The first-order chi connectivity index (χ1) is 15.9. The zero-order valence-corrected chi connectivity index (χ0v) is 18.9. The van der Waals surface area contributed by atoms with Gasteiger partial charge in [0.15, 0.2) is 0 Å². The molecule has 3 aromatic rings. The van der Waals surface area contributed by atoms with Crippen LogP contribution in [0.2, 0.25) is 5.02 Å². The van der Waals surface area contributed by atoms with Crippen molar-refractivity contribution in [2.24, 2.45) is 0 Å². The van der Waals surface area contributed by atoms with Gasteiger partial charge in [0.2, 0.25) is 5.91 Å². The van der Waals surface area contributed by atoms with Crippen LogP contribution in [-0.4, -0.2) is 33.6 Å². The zero-order valence-electron chi connectivity index (χ0n) is 17.3. The first kappa shape index (κ1) is 22.6. The molecule has 0 atom stereocenters. The summed E-state index contributed by atoms with van der Waals surface area (Å²) in [6.07, 6.45) is 2.01. The van der Waals surface area contributed by atoms with E-state index in [2.05, 4.69) is 5.32 Å². The molecular formula is C25H19ClN2O4S. The van der Waals surface area contributed by atoms with Crippen molar-refractivity contribution >= 4 is 52.2 Å². The lowest BCUT2D eigenvalue weighted by Crippen LogP contribution is -2.36. The van der Waals surface area contributed by atoms with Crippen LogP contribution in [0, 0.1) is 0 Å². The average molecular weight is 479 g/mol. The largest absolute Gasteiger partial charge is 0.507 e. The van der Waals surface area contributed by atoms with Crippen LogP contribution >= 0.6 is 23.4 Å². The predicted octanol–water partition coefficient (Wildman–Crippen LogP) is 5.31. The number of carbonyl (C=O) groups is 3. The molecule has 33 heavy (non-hydrogen) atoms. The second-order valence-corrected chi connectivity index (χ2v) is 8.74. The van der Waals surface area contributed by atoms with E-state index in [1.165, 1.54) is 12.1 Å². The molecule has 0 radical (unpaired) electrons. The van der Waals surface area contributed by atoms with Crippen molar-refractivity contribution in [2.45, 2.75) is 6.42 Å². The van der Waals surface area contributed by atoms with E-state index in [4.69, 9.17) is 11.6 Å². The van der Waals surface area contributed by atoms with E-state index in [-0.39, 0.29) is 10.7 Å². The number of thioether (sulfide) groups is 1. The van der Waals surface area contributed by atoms with E-state index in [9.17, 15) is 19.5 Å². The third kappa shape index (κ3) is 5.45. The van der Waals surface area contributed by atoms with Gasteiger partial charge in [0.25, 0.3) is 11.1 Å². The summed E-state index contributed by atoms with van der Waals surface area (Å²) in [6, 6.07) is 21.3. The molecule has 1 heterocycles. The van der Waals surface area contributed by atoms with E-state index in [0.29, 0.717) is 22.7 Å². The Morgan fingerprint density at radius 1 is 1.03 bits per heavy atom. The number of halogens is 1. The lowest BCUT2D eigenvalue weighted by atomic mass is 10.0. The van der Waals surface area contributed by atoms with Crippen molar-refractivity contribution < 1.29 is 19.5 Å². The zero-order chi connectivity index (χ0) is 23.4. The Morgan fingerprint density at radius 3 is 2.52 bits per heavy atom. The highest BCUT2D eigenvalue weighted by atomic mass is 35.5. The number of carbonyl (C=O) groups excluding carboxylic acids is 3. The minimum absolute atomic E-state index is 0.0217. The van der Waals surface area contributed by atoms with Gasteiger partial charge in [0, 0.05) is 16.3 Å². The third-order valence-corrected chi connectivity index (χ3v) is 6.24. The van der Waals surface area contributed by atoms with Gasteiger partial charge in [-0.3, -0.25) is 19.3 Å². The van der Waals surface area contributed by atoms with Crippen LogP contribution in [0.15, 0.2) is 77.7 Å². The van der Waals surface area contributed by atoms with Gasteiger partial charge >= 0.3 is 0 Å². The number of benzene rings is 3. The second kappa shape index (κ2) is 9.94. The standard InChI is InChI=1S/C25H19ClN2O4S/c26-20-9-5-4-6-17(20)12-16-10-11-21(29)18(13-16)14-22-24(31)28(25(32)33-22)15-23(30)27-19-7-2-1-3-8-19/h1-11,13-14,29H,12,15H2,(H,27,30)/b22-14-. The van der Waals surface area contributed by atoms with Crippen molar-refractivity contribution in [3.63, 3.8) is 0 Å². The average Bonchev–Trinajstić information content (AvgIpc) is 3.05. The van der Waals surface area contributed by atoms with Gasteiger partial charge in [-0.25, -0.2) is 0 Å². The number of phenols is 1. The highest BCUT2D eigenvalue weighted by Gasteiger charge is 2.36. The molecule has 0 spiro atoms. The first-order valence-corrected chi connectivity index (χ1v) is 11.3. The Bertz CT molecular complexity index is 1260. The Balaban J connectivity index is 1.50. The predicted molar refractivity (Wildman–Crippen MR) is 130 cm³/mol. The minimum Gasteiger partial charge on any atom is -0.507 e. The van der Waals surface area contributed by atoms with Gasteiger partial charge in [-0.05, 0) is 65.7 Å². The number of nitrogens with zero attached hydrogens (tertiary/aromatic N) is 1. The third-order valence-electron chi connectivity index (χ3n) is 4.96. The van der Waals surface area contributed by atoms with Gasteiger partial charge in [0.05, 0.1) is 4.91 Å². The number of amides is 3. The van der Waals surface area contributed by atoms with Gasteiger partial charge in [-0.2, -0.15) is 0 Å². The Morgan fingerprint density at radius 2 is 1.76 bits per heavy atom. The van der Waals surface area contributed by atoms with Crippen molar-refractivity contribution in [1.82, 2.24) is 4.90 Å². The van der Waals surface area contributed by atoms with Crippen LogP contribution in [0.4, 0.5) is 10.5 Å². The topological polar surface area (TPSA) is 86.7 Å². The number of para-hydroxylation sites is 1. The molecule has 3 amide bonds. The second-order valence-electron chi connectivity index (χ2n) is 7.34. The van der Waals surface area contributed by atoms with Gasteiger partial charge < -0.3 is 10.4 Å². The monoisotopic (exact) mass is 478 g/mol. The van der Waals surface area contributed by atoms with Crippen LogP contribution in [-0.2, 0) is 16.0 Å². The van der Waals surface area contributed by atoms with Gasteiger partial charge in [-0.15, -0.1) is 0 Å². The number of imide groups is 1. The quantitative estimate of drug-likeness (QED) is 0.469. The highest BCUT2D eigenvalue weighted by molar-refractivity contribution is 8.18. The molecular weight excluding hydrogens is 460 g/mol. The molecule has 4 rings (SSSR count). The first-order valence-electron chi connectivity index (χ1n) is 10.1. The number of phenolic OH excluding ortho intramolecular Hbond substituents is 1. The lowest BCUT2D eigenvalue weighted by Gasteiger charge is -2.12. The number of rotatable bonds is 6. The normalized spacial score (nSPS) is 14.7. The summed E-state index contributed by atoms with van der Waals surface area (Å²) < 4.78 is 0. The smallest absolute Gasteiger partial charge is 0.294 e. The fourth-order valence-corrected chi connectivity index (χ4v) is 4.37. The lowest BCUT2D eigenvalue weighted by molar-refractivity contribution is -0.127. The molecule has 0 aliphatic carbocycles. The summed E-state index contributed by atoms with van der Waals surface area (Å²) in [7, 11) is 0. The van der Waals surface area contributed by atoms with E-state index >= 15 is 0 Å². The number of hydrogen-bond acceptors (Lipinski definition) is 5. The summed E-state index contributed by atoms with van der Waals surface area (Å²) in [5.74, 6) is -1.08. The van der Waals surface area contributed by atoms with Crippen LogP contribution in [0.25, 0.3) is 6.08 Å². The summed E-state index contributed by atoms with van der Waals surface area (Å²) in [4.78, 5) is 38.5. The molecule has 8 heteroatoms. The van der Waals surface area contributed by atoms with Crippen LogP contribution in [0.1, 0.15) is 16.7 Å². The molecule has 166 valence electrons. The Hall–Kier alpha value is -3.55. The van der Waals surface area contributed by atoms with Crippen LogP contribution in [0.3, 0.4) is 0 Å². The van der Waals surface area contributed by atoms with Crippen molar-refractivity contribution in [1.29, 1.82) is 0 Å². The van der Waals surface area contributed by atoms with E-state index < -0.39 is 23.6 Å². The number of anilines is 1. The maximum Gasteiger partial charge on any atom is 0.294 e. The minimum atomic E-state index is -0.580. The SMILES string of the molecule is O=C(CN1C(=O)S/C(=C\c2cc(Cc3ccccc3Cl)ccc2O)C1=O)Nc1ccccc1. The molecule has 0 unspecified atom stereocenters. The fourth-order valence-electron chi connectivity index (χ4n) is 3.33. The van der Waals surface area contributed by atoms with E-state index in [0.717, 1.165) is 27.8 Å². The molecule has 3 aromatic carbocycles. The van der Waals surface area contributed by atoms with Gasteiger partial charge in [0.1, 0.15) is 12.3 Å². The Labute approximate surface area is 199 Å². The number of nitrogens with one attached hydrogen (secondary N) is 1. The Kier molecular flexibility index (Phi) is 6.82. The van der Waals surface area contributed by atoms with Crippen molar-refractivity contribution in [2.75, 3.05) is 11.9 Å². The maximum atomic E-state index is 12.8. The molecule has 1 aliphatic rings. The molecule has 0 bridgehead atoms. The molecule has 1 saturated heterocycles. The van der Waals surface area contributed by atoms with Crippen LogP contribution in [0.5, 0.6) is 5.75 Å². The molecule has 0 aromatic heterocycles. The van der Waals surface area contributed by atoms with E-state index in [1.54, 1.807) is 36.4 Å². The van der Waals surface area contributed by atoms with Gasteiger partial charge in [-0.1, -0.05) is 54.1 Å². The van der Waals surface area contributed by atoms with Crippen LogP contribution < -0.4 is 5.32 Å². The summed E-state index contributed by atoms with van der Waals surface area (Å²) in [5, 5.41) is 13.0. The van der Waals surface area contributed by atoms with Crippen molar-refractivity contribution in [3.8, 4) is 5.75 Å². The summed E-state index contributed by atoms with van der Waals surface area (Å²) in [6.45, 7) is -0.393. The molecule has 6 nitrogen and oxygen atoms in total. The highest BCUT2D eigenvalue weighted by Crippen LogP contribution is 2.34. The fraction of sp³-hybridized carbons (Fsp3) is 0.0800.